The van der Waals surface area contributed by atoms with Crippen LogP contribution in [-0.4, -0.2) is 18.0 Å². The molecular weight excluding hydrogens is 427 g/mol. The number of methoxy groups -OCH3 is 1. The molecule has 9 heteroatoms. The standard InChI is InChI=1S/C18H12Cl2N2O3S2/c1-24-12-5-2-6-13-15(12)21-18(26-13)22(9-10-4-3-7-25-10)17(23)11-8-14(19)27-16(11)20/h2-8H,9H2,1H3. The number of nitrogens with zero attached hydrogens (tertiary/aromatic N) is 2. The van der Waals surface area contributed by atoms with Crippen molar-refractivity contribution in [3.8, 4) is 5.75 Å². The predicted octanol–water partition coefficient (Wildman–Crippen LogP) is 6.11. The topological polar surface area (TPSA) is 55.6 Å². The first-order valence-electron chi connectivity index (χ1n) is 7.79. The summed E-state index contributed by atoms with van der Waals surface area (Å²) in [5.41, 5.74) is 1.04. The molecule has 0 aliphatic rings. The van der Waals surface area contributed by atoms with Crippen LogP contribution in [-0.2, 0) is 6.54 Å². The van der Waals surface area contributed by atoms with E-state index < -0.39 is 0 Å². The Morgan fingerprint density at radius 1 is 1.26 bits per heavy atom. The van der Waals surface area contributed by atoms with E-state index in [1.54, 1.807) is 31.6 Å². The lowest BCUT2D eigenvalue weighted by atomic mass is 10.3. The Morgan fingerprint density at radius 3 is 2.78 bits per heavy atom. The quantitative estimate of drug-likeness (QED) is 0.376. The van der Waals surface area contributed by atoms with Crippen molar-refractivity contribution >= 4 is 67.1 Å². The normalized spacial score (nSPS) is 11.1. The lowest BCUT2D eigenvalue weighted by Crippen LogP contribution is -2.30. The van der Waals surface area contributed by atoms with Gasteiger partial charge in [-0.15, -0.1) is 11.3 Å². The van der Waals surface area contributed by atoms with Crippen LogP contribution in [0, 0.1) is 0 Å². The SMILES string of the molecule is COc1cccc2sc(N(Cc3ccco3)C(=O)c3cc(Cl)sc3Cl)nc12. The molecule has 0 saturated carbocycles. The number of rotatable bonds is 5. The molecule has 3 heterocycles. The predicted molar refractivity (Wildman–Crippen MR) is 110 cm³/mol. The van der Waals surface area contributed by atoms with Crippen LogP contribution in [0.3, 0.4) is 0 Å². The molecule has 0 spiro atoms. The van der Waals surface area contributed by atoms with Crippen molar-refractivity contribution in [2.75, 3.05) is 12.0 Å². The van der Waals surface area contributed by atoms with E-state index in [0.717, 1.165) is 16.0 Å². The molecule has 0 atom stereocenters. The summed E-state index contributed by atoms with van der Waals surface area (Å²) in [7, 11) is 1.59. The number of thiazole rings is 1. The van der Waals surface area contributed by atoms with Crippen LogP contribution in [0.25, 0.3) is 10.2 Å². The minimum atomic E-state index is -0.294. The zero-order chi connectivity index (χ0) is 19.0. The molecule has 1 aromatic carbocycles. The minimum absolute atomic E-state index is 0.220. The Bertz CT molecular complexity index is 1110. The summed E-state index contributed by atoms with van der Waals surface area (Å²) in [5, 5.41) is 0.522. The summed E-state index contributed by atoms with van der Waals surface area (Å²) in [6.45, 7) is 0.220. The molecule has 0 fully saturated rings. The minimum Gasteiger partial charge on any atom is -0.494 e. The van der Waals surface area contributed by atoms with E-state index in [4.69, 9.17) is 32.4 Å². The van der Waals surface area contributed by atoms with E-state index >= 15 is 0 Å². The van der Waals surface area contributed by atoms with E-state index in [9.17, 15) is 4.79 Å². The fourth-order valence-corrected chi connectivity index (χ4v) is 5.04. The van der Waals surface area contributed by atoms with E-state index in [2.05, 4.69) is 4.98 Å². The number of benzene rings is 1. The van der Waals surface area contributed by atoms with Gasteiger partial charge in [-0.1, -0.05) is 40.6 Å². The molecule has 1 amide bonds. The molecule has 0 radical (unpaired) electrons. The molecule has 5 nitrogen and oxygen atoms in total. The summed E-state index contributed by atoms with van der Waals surface area (Å²) in [5.74, 6) is 0.988. The number of carbonyl (C=O) groups excluding carboxylic acids is 1. The number of anilines is 1. The van der Waals surface area contributed by atoms with Gasteiger partial charge >= 0.3 is 0 Å². The van der Waals surface area contributed by atoms with Crippen LogP contribution in [0.15, 0.2) is 47.1 Å². The number of para-hydroxylation sites is 1. The van der Waals surface area contributed by atoms with Gasteiger partial charge in [0.25, 0.3) is 5.91 Å². The summed E-state index contributed by atoms with van der Waals surface area (Å²) in [6.07, 6.45) is 1.56. The van der Waals surface area contributed by atoms with Gasteiger partial charge in [0.05, 0.1) is 34.5 Å². The molecule has 138 valence electrons. The van der Waals surface area contributed by atoms with E-state index in [-0.39, 0.29) is 12.5 Å². The first-order chi connectivity index (χ1) is 13.1. The summed E-state index contributed by atoms with van der Waals surface area (Å²) < 4.78 is 12.5. The number of furan rings is 1. The maximum atomic E-state index is 13.2. The maximum Gasteiger partial charge on any atom is 0.262 e. The summed E-state index contributed by atoms with van der Waals surface area (Å²) in [6, 6.07) is 10.8. The second-order valence-electron chi connectivity index (χ2n) is 5.51. The van der Waals surface area contributed by atoms with Gasteiger partial charge in [-0.25, -0.2) is 4.98 Å². The molecule has 0 N–H and O–H groups in total. The first-order valence-corrected chi connectivity index (χ1v) is 10.2. The molecule has 4 aromatic rings. The third-order valence-corrected chi connectivity index (χ3v) is 6.38. The molecule has 27 heavy (non-hydrogen) atoms. The molecule has 0 aliphatic heterocycles. The number of thiophene rings is 1. The molecule has 0 bridgehead atoms. The highest BCUT2D eigenvalue weighted by molar-refractivity contribution is 7.22. The van der Waals surface area contributed by atoms with Crippen LogP contribution in [0.2, 0.25) is 8.67 Å². The number of hydrogen-bond donors (Lipinski definition) is 0. The Morgan fingerprint density at radius 2 is 2.11 bits per heavy atom. The second-order valence-corrected chi connectivity index (χ2v) is 8.81. The first kappa shape index (κ1) is 18.3. The van der Waals surface area contributed by atoms with Crippen LogP contribution in [0.4, 0.5) is 5.13 Å². The van der Waals surface area contributed by atoms with Crippen LogP contribution in [0.5, 0.6) is 5.75 Å². The zero-order valence-electron chi connectivity index (χ0n) is 13.9. The second kappa shape index (κ2) is 7.52. The number of ether oxygens (including phenoxy) is 1. The van der Waals surface area contributed by atoms with Crippen molar-refractivity contribution in [1.29, 1.82) is 0 Å². The van der Waals surface area contributed by atoms with Gasteiger partial charge in [0.2, 0.25) is 0 Å². The van der Waals surface area contributed by atoms with Crippen molar-refractivity contribution < 1.29 is 13.9 Å². The van der Waals surface area contributed by atoms with Gasteiger partial charge in [0, 0.05) is 0 Å². The van der Waals surface area contributed by atoms with Crippen molar-refractivity contribution in [2.45, 2.75) is 6.54 Å². The van der Waals surface area contributed by atoms with Gasteiger partial charge in [-0.05, 0) is 30.3 Å². The van der Waals surface area contributed by atoms with E-state index in [1.807, 2.05) is 18.2 Å². The number of carbonyl (C=O) groups is 1. The molecule has 3 aromatic heterocycles. The summed E-state index contributed by atoms with van der Waals surface area (Å²) in [4.78, 5) is 19.4. The van der Waals surface area contributed by atoms with Crippen LogP contribution in [0.1, 0.15) is 16.1 Å². The van der Waals surface area contributed by atoms with Gasteiger partial charge in [-0.2, -0.15) is 0 Å². The Hall–Kier alpha value is -2.06. The number of halogens is 2. The summed E-state index contributed by atoms with van der Waals surface area (Å²) >= 11 is 14.8. The largest absolute Gasteiger partial charge is 0.494 e. The molecule has 0 saturated heterocycles. The van der Waals surface area contributed by atoms with Gasteiger partial charge in [0.1, 0.15) is 21.4 Å². The molecular formula is C18H12Cl2N2O3S2. The highest BCUT2D eigenvalue weighted by Crippen LogP contribution is 2.37. The van der Waals surface area contributed by atoms with Gasteiger partial charge < -0.3 is 9.15 Å². The van der Waals surface area contributed by atoms with Crippen molar-refractivity contribution in [1.82, 2.24) is 4.98 Å². The number of hydrogen-bond acceptors (Lipinski definition) is 6. The highest BCUT2D eigenvalue weighted by atomic mass is 35.5. The Kier molecular flexibility index (Phi) is 5.10. The number of fused-ring (bicyclic) bond motifs is 1. The fraction of sp³-hybridized carbons (Fsp3) is 0.111. The number of aromatic nitrogens is 1. The third-order valence-electron chi connectivity index (χ3n) is 3.85. The fourth-order valence-electron chi connectivity index (χ4n) is 2.61. The lowest BCUT2D eigenvalue weighted by Gasteiger charge is -2.18. The molecule has 0 unspecified atom stereocenters. The molecule has 4 rings (SSSR count). The average Bonchev–Trinajstić information content (AvgIpc) is 3.38. The Balaban J connectivity index is 1.80. The van der Waals surface area contributed by atoms with E-state index in [0.29, 0.717) is 36.4 Å². The Labute approximate surface area is 172 Å². The van der Waals surface area contributed by atoms with Gasteiger partial charge in [0.15, 0.2) is 5.13 Å². The van der Waals surface area contributed by atoms with E-state index in [1.165, 1.54) is 16.2 Å². The van der Waals surface area contributed by atoms with Crippen molar-refractivity contribution in [3.05, 3.63) is 62.7 Å². The zero-order valence-corrected chi connectivity index (χ0v) is 17.1. The maximum absolute atomic E-state index is 13.2. The number of amides is 1. The van der Waals surface area contributed by atoms with Crippen LogP contribution < -0.4 is 9.64 Å². The smallest absolute Gasteiger partial charge is 0.262 e. The monoisotopic (exact) mass is 438 g/mol. The third kappa shape index (κ3) is 3.55. The average molecular weight is 439 g/mol. The van der Waals surface area contributed by atoms with Crippen molar-refractivity contribution in [2.24, 2.45) is 0 Å². The molecule has 0 aliphatic carbocycles. The van der Waals surface area contributed by atoms with Crippen LogP contribution >= 0.6 is 45.9 Å². The van der Waals surface area contributed by atoms with Crippen molar-refractivity contribution in [3.63, 3.8) is 0 Å². The highest BCUT2D eigenvalue weighted by Gasteiger charge is 2.26. The lowest BCUT2D eigenvalue weighted by molar-refractivity contribution is 0.0984. The van der Waals surface area contributed by atoms with Gasteiger partial charge in [-0.3, -0.25) is 9.69 Å².